The van der Waals surface area contributed by atoms with E-state index in [4.69, 9.17) is 23.7 Å². The molecular formula is C25H24O6. The Morgan fingerprint density at radius 3 is 1.84 bits per heavy atom. The molecule has 0 spiro atoms. The first kappa shape index (κ1) is 20.6. The van der Waals surface area contributed by atoms with Gasteiger partial charge in [-0.25, -0.2) is 0 Å². The minimum absolute atomic E-state index is 0.251. The molecule has 6 heteroatoms. The monoisotopic (exact) mass is 420 g/mol. The third-order valence-electron chi connectivity index (χ3n) is 5.56. The number of hydrogen-bond acceptors (Lipinski definition) is 6. The molecular weight excluding hydrogens is 396 g/mol. The van der Waals surface area contributed by atoms with Crippen molar-refractivity contribution < 1.29 is 28.5 Å². The highest BCUT2D eigenvalue weighted by molar-refractivity contribution is 5.82. The normalized spacial score (nSPS) is 16.8. The van der Waals surface area contributed by atoms with Gasteiger partial charge < -0.3 is 23.7 Å². The summed E-state index contributed by atoms with van der Waals surface area (Å²) in [5, 5.41) is 0. The van der Waals surface area contributed by atoms with Gasteiger partial charge in [0, 0.05) is 23.3 Å². The van der Waals surface area contributed by atoms with E-state index in [2.05, 4.69) is 0 Å². The molecule has 0 radical (unpaired) electrons. The van der Waals surface area contributed by atoms with Crippen LogP contribution in [0.2, 0.25) is 0 Å². The van der Waals surface area contributed by atoms with Crippen molar-refractivity contribution in [1.82, 2.24) is 0 Å². The second-order valence-electron chi connectivity index (χ2n) is 7.18. The topological polar surface area (TPSA) is 63.2 Å². The lowest BCUT2D eigenvalue weighted by atomic mass is 9.83. The maximum absolute atomic E-state index is 12.0. The van der Waals surface area contributed by atoms with Crippen LogP contribution in [0.25, 0.3) is 0 Å². The third-order valence-corrected chi connectivity index (χ3v) is 5.56. The van der Waals surface area contributed by atoms with Crippen molar-refractivity contribution in [2.45, 2.75) is 12.0 Å². The zero-order valence-electron chi connectivity index (χ0n) is 17.9. The van der Waals surface area contributed by atoms with Crippen molar-refractivity contribution in [1.29, 1.82) is 0 Å². The first-order chi connectivity index (χ1) is 15.1. The van der Waals surface area contributed by atoms with Gasteiger partial charge in [-0.2, -0.15) is 0 Å². The Hall–Kier alpha value is -3.67. The van der Waals surface area contributed by atoms with Crippen LogP contribution in [-0.2, 0) is 0 Å². The quantitative estimate of drug-likeness (QED) is 0.512. The SMILES string of the molecule is COc1ccc([C@H]2Oc3cc(OC)cc(C=O)c3[C@@H]2c2cc(OC)cc(OC)c2)cc1. The lowest BCUT2D eigenvalue weighted by Gasteiger charge is -2.22. The molecule has 0 aromatic heterocycles. The van der Waals surface area contributed by atoms with Gasteiger partial charge in [0.05, 0.1) is 34.4 Å². The summed E-state index contributed by atoms with van der Waals surface area (Å²) >= 11 is 0. The molecule has 31 heavy (non-hydrogen) atoms. The zero-order valence-corrected chi connectivity index (χ0v) is 17.9. The van der Waals surface area contributed by atoms with E-state index in [0.29, 0.717) is 28.6 Å². The van der Waals surface area contributed by atoms with Crippen LogP contribution >= 0.6 is 0 Å². The van der Waals surface area contributed by atoms with Gasteiger partial charge in [-0.1, -0.05) is 12.1 Å². The van der Waals surface area contributed by atoms with Gasteiger partial charge in [-0.15, -0.1) is 0 Å². The summed E-state index contributed by atoms with van der Waals surface area (Å²) in [7, 11) is 6.42. The average Bonchev–Trinajstić information content (AvgIpc) is 3.22. The molecule has 4 rings (SSSR count). The molecule has 0 aliphatic carbocycles. The van der Waals surface area contributed by atoms with Gasteiger partial charge in [-0.05, 0) is 41.5 Å². The first-order valence-corrected chi connectivity index (χ1v) is 9.82. The lowest BCUT2D eigenvalue weighted by Crippen LogP contribution is -2.12. The number of benzene rings is 3. The van der Waals surface area contributed by atoms with Crippen molar-refractivity contribution in [3.05, 3.63) is 76.9 Å². The fourth-order valence-corrected chi connectivity index (χ4v) is 4.03. The van der Waals surface area contributed by atoms with Crippen molar-refractivity contribution in [3.8, 4) is 28.7 Å². The number of carbonyl (C=O) groups excluding carboxylic acids is 1. The molecule has 2 atom stereocenters. The van der Waals surface area contributed by atoms with Crippen LogP contribution in [0.5, 0.6) is 28.7 Å². The van der Waals surface area contributed by atoms with E-state index in [0.717, 1.165) is 28.7 Å². The van der Waals surface area contributed by atoms with Crippen molar-refractivity contribution >= 4 is 6.29 Å². The minimum Gasteiger partial charge on any atom is -0.497 e. The van der Waals surface area contributed by atoms with E-state index in [9.17, 15) is 4.79 Å². The second-order valence-corrected chi connectivity index (χ2v) is 7.18. The largest absolute Gasteiger partial charge is 0.497 e. The maximum Gasteiger partial charge on any atom is 0.150 e. The van der Waals surface area contributed by atoms with Gasteiger partial charge in [0.15, 0.2) is 6.29 Å². The predicted octanol–water partition coefficient (Wildman–Crippen LogP) is 4.80. The van der Waals surface area contributed by atoms with E-state index in [1.807, 2.05) is 48.5 Å². The number of carbonyl (C=O) groups is 1. The van der Waals surface area contributed by atoms with Crippen molar-refractivity contribution in [2.24, 2.45) is 0 Å². The molecule has 1 aliphatic rings. The van der Waals surface area contributed by atoms with E-state index >= 15 is 0 Å². The molecule has 160 valence electrons. The van der Waals surface area contributed by atoms with E-state index in [-0.39, 0.29) is 12.0 Å². The number of hydrogen-bond donors (Lipinski definition) is 0. The standard InChI is InChI=1S/C25H24O6/c1-27-18-7-5-15(6-8-18)25-24(16-9-19(28-2)12-20(10-16)29-3)23-17(14-26)11-21(30-4)13-22(23)31-25/h5-14,24-25H,1-4H3/t24-,25+/m0/s1. The average molecular weight is 420 g/mol. The Bertz CT molecular complexity index is 1070. The molecule has 3 aromatic rings. The number of fused-ring (bicyclic) bond motifs is 1. The summed E-state index contributed by atoms with van der Waals surface area (Å²) in [6.45, 7) is 0. The van der Waals surface area contributed by atoms with Gasteiger partial charge >= 0.3 is 0 Å². The fraction of sp³-hybridized carbons (Fsp3) is 0.240. The molecule has 0 amide bonds. The second kappa shape index (κ2) is 8.60. The number of ether oxygens (including phenoxy) is 5. The molecule has 0 fully saturated rings. The Morgan fingerprint density at radius 1 is 0.710 bits per heavy atom. The summed E-state index contributed by atoms with van der Waals surface area (Å²) in [6.07, 6.45) is 0.481. The van der Waals surface area contributed by atoms with Gasteiger partial charge in [0.1, 0.15) is 34.9 Å². The molecule has 1 aliphatic heterocycles. The van der Waals surface area contributed by atoms with Crippen LogP contribution in [0, 0.1) is 0 Å². The fourth-order valence-electron chi connectivity index (χ4n) is 4.03. The Morgan fingerprint density at radius 2 is 1.29 bits per heavy atom. The molecule has 6 nitrogen and oxygen atoms in total. The number of rotatable bonds is 7. The van der Waals surface area contributed by atoms with Crippen molar-refractivity contribution in [3.63, 3.8) is 0 Å². The maximum atomic E-state index is 12.0. The first-order valence-electron chi connectivity index (χ1n) is 9.82. The van der Waals surface area contributed by atoms with Gasteiger partial charge in [-0.3, -0.25) is 4.79 Å². The van der Waals surface area contributed by atoms with Crippen LogP contribution in [0.4, 0.5) is 0 Å². The zero-order chi connectivity index (χ0) is 22.0. The van der Waals surface area contributed by atoms with Crippen LogP contribution < -0.4 is 23.7 Å². The highest BCUT2D eigenvalue weighted by Crippen LogP contribution is 2.52. The smallest absolute Gasteiger partial charge is 0.150 e. The lowest BCUT2D eigenvalue weighted by molar-refractivity contribution is 0.112. The molecule has 0 unspecified atom stereocenters. The van der Waals surface area contributed by atoms with Crippen LogP contribution in [0.15, 0.2) is 54.6 Å². The molecule has 3 aromatic carbocycles. The van der Waals surface area contributed by atoms with Crippen molar-refractivity contribution in [2.75, 3.05) is 28.4 Å². The summed E-state index contributed by atoms with van der Waals surface area (Å²) in [5.41, 5.74) is 3.22. The molecule has 1 heterocycles. The van der Waals surface area contributed by atoms with Crippen LogP contribution in [0.1, 0.15) is 39.1 Å². The molecule has 0 saturated heterocycles. The van der Waals surface area contributed by atoms with E-state index in [1.54, 1.807) is 34.5 Å². The van der Waals surface area contributed by atoms with E-state index < -0.39 is 0 Å². The number of aldehydes is 1. The third kappa shape index (κ3) is 3.77. The summed E-state index contributed by atoms with van der Waals surface area (Å²) < 4.78 is 28.0. The van der Waals surface area contributed by atoms with Crippen LogP contribution in [0.3, 0.4) is 0 Å². The summed E-state index contributed by atoms with van der Waals surface area (Å²) in [6, 6.07) is 17.0. The summed E-state index contributed by atoms with van der Waals surface area (Å²) in [5.74, 6) is 3.02. The van der Waals surface area contributed by atoms with E-state index in [1.165, 1.54) is 0 Å². The van der Waals surface area contributed by atoms with Gasteiger partial charge in [0.2, 0.25) is 0 Å². The minimum atomic E-state index is -0.358. The molecule has 0 N–H and O–H groups in total. The van der Waals surface area contributed by atoms with Gasteiger partial charge in [0.25, 0.3) is 0 Å². The molecule has 0 bridgehead atoms. The summed E-state index contributed by atoms with van der Waals surface area (Å²) in [4.78, 5) is 12.0. The molecule has 0 saturated carbocycles. The predicted molar refractivity (Wildman–Crippen MR) is 116 cm³/mol. The highest BCUT2D eigenvalue weighted by atomic mass is 16.5. The highest BCUT2D eigenvalue weighted by Gasteiger charge is 2.39. The Balaban J connectivity index is 1.92. The number of methoxy groups -OCH3 is 4. The van der Waals surface area contributed by atoms with Crippen LogP contribution in [-0.4, -0.2) is 34.7 Å². The Labute approximate surface area is 181 Å². The Kier molecular flexibility index (Phi) is 5.71.